The van der Waals surface area contributed by atoms with Crippen molar-refractivity contribution in [2.75, 3.05) is 11.9 Å². The van der Waals surface area contributed by atoms with Gasteiger partial charge in [-0.15, -0.1) is 6.42 Å². The van der Waals surface area contributed by atoms with Crippen LogP contribution >= 0.6 is 0 Å². The van der Waals surface area contributed by atoms with E-state index in [4.69, 9.17) is 11.2 Å². The third kappa shape index (κ3) is 4.50. The molecule has 0 aliphatic carbocycles. The van der Waals surface area contributed by atoms with E-state index >= 15 is 0 Å². The lowest BCUT2D eigenvalue weighted by Gasteiger charge is -2.12. The van der Waals surface area contributed by atoms with Crippen molar-refractivity contribution in [1.82, 2.24) is 0 Å². The van der Waals surface area contributed by atoms with Gasteiger partial charge in [0.1, 0.15) is 0 Å². The maximum Gasteiger partial charge on any atom is 0.338 e. The maximum absolute atomic E-state index is 11.8. The predicted molar refractivity (Wildman–Crippen MR) is 73.6 cm³/mol. The number of anilines is 1. The Labute approximate surface area is 109 Å². The number of nitrogens with one attached hydrogen (secondary N) is 1. The standard InChI is InChI=1S/C15H19NO2/c1-4-6-12(3)18-15(17)13-7-9-14(10-8-13)16-11-5-2/h2,7-10,12,16H,4,6,11H2,1,3H3. The molecule has 1 aromatic carbocycles. The largest absolute Gasteiger partial charge is 0.459 e. The van der Waals surface area contributed by atoms with Crippen LogP contribution in [0, 0.1) is 12.3 Å². The molecule has 1 atom stereocenters. The number of hydrogen-bond acceptors (Lipinski definition) is 3. The minimum absolute atomic E-state index is 0.0401. The molecule has 0 fully saturated rings. The molecule has 3 heteroatoms. The molecule has 0 saturated heterocycles. The van der Waals surface area contributed by atoms with Gasteiger partial charge < -0.3 is 10.1 Å². The normalized spacial score (nSPS) is 11.4. The summed E-state index contributed by atoms with van der Waals surface area (Å²) in [6, 6.07) is 7.11. The number of rotatable bonds is 6. The fourth-order valence-electron chi connectivity index (χ4n) is 1.59. The van der Waals surface area contributed by atoms with E-state index in [0.29, 0.717) is 12.1 Å². The van der Waals surface area contributed by atoms with Gasteiger partial charge in [0.2, 0.25) is 0 Å². The average Bonchev–Trinajstić information content (AvgIpc) is 2.37. The Kier molecular flexibility index (Phi) is 5.79. The van der Waals surface area contributed by atoms with Gasteiger partial charge in [-0.3, -0.25) is 0 Å². The van der Waals surface area contributed by atoms with Crippen molar-refractivity contribution in [2.24, 2.45) is 0 Å². The molecule has 0 aliphatic heterocycles. The van der Waals surface area contributed by atoms with Crippen molar-refractivity contribution in [1.29, 1.82) is 0 Å². The first-order valence-electron chi connectivity index (χ1n) is 6.15. The molecule has 0 spiro atoms. The van der Waals surface area contributed by atoms with Gasteiger partial charge in [-0.05, 0) is 37.6 Å². The number of carbonyl (C=O) groups is 1. The fraction of sp³-hybridized carbons (Fsp3) is 0.400. The van der Waals surface area contributed by atoms with E-state index in [0.717, 1.165) is 18.5 Å². The van der Waals surface area contributed by atoms with Crippen LogP contribution in [0.4, 0.5) is 5.69 Å². The van der Waals surface area contributed by atoms with Gasteiger partial charge in [0.05, 0.1) is 18.2 Å². The van der Waals surface area contributed by atoms with Gasteiger partial charge in [-0.1, -0.05) is 19.3 Å². The SMILES string of the molecule is C#CCNc1ccc(C(=O)OC(C)CCC)cc1. The van der Waals surface area contributed by atoms with E-state index in [-0.39, 0.29) is 12.1 Å². The lowest BCUT2D eigenvalue weighted by molar-refractivity contribution is 0.0323. The summed E-state index contributed by atoms with van der Waals surface area (Å²) in [5.74, 6) is 2.21. The van der Waals surface area contributed by atoms with Crippen LogP contribution in [0.1, 0.15) is 37.0 Å². The van der Waals surface area contributed by atoms with Crippen LogP contribution in [0.2, 0.25) is 0 Å². The van der Waals surface area contributed by atoms with Crippen LogP contribution in [0.5, 0.6) is 0 Å². The molecule has 1 unspecified atom stereocenters. The molecule has 0 saturated carbocycles. The monoisotopic (exact) mass is 245 g/mol. The van der Waals surface area contributed by atoms with Crippen LogP contribution in [0.25, 0.3) is 0 Å². The second-order valence-corrected chi connectivity index (χ2v) is 4.14. The van der Waals surface area contributed by atoms with E-state index in [1.807, 2.05) is 19.1 Å². The van der Waals surface area contributed by atoms with E-state index in [9.17, 15) is 4.79 Å². The van der Waals surface area contributed by atoms with E-state index < -0.39 is 0 Å². The molecule has 0 aliphatic rings. The maximum atomic E-state index is 11.8. The molecule has 3 nitrogen and oxygen atoms in total. The van der Waals surface area contributed by atoms with Gasteiger partial charge in [0.15, 0.2) is 0 Å². The first-order valence-corrected chi connectivity index (χ1v) is 6.15. The lowest BCUT2D eigenvalue weighted by atomic mass is 10.2. The van der Waals surface area contributed by atoms with Crippen molar-refractivity contribution >= 4 is 11.7 Å². The number of esters is 1. The van der Waals surface area contributed by atoms with E-state index in [1.54, 1.807) is 12.1 Å². The first kappa shape index (κ1) is 14.1. The molecule has 18 heavy (non-hydrogen) atoms. The minimum Gasteiger partial charge on any atom is -0.459 e. The third-order valence-electron chi connectivity index (χ3n) is 2.52. The highest BCUT2D eigenvalue weighted by Gasteiger charge is 2.10. The van der Waals surface area contributed by atoms with Gasteiger partial charge >= 0.3 is 5.97 Å². The molecule has 0 amide bonds. The van der Waals surface area contributed by atoms with Gasteiger partial charge in [-0.25, -0.2) is 4.79 Å². The summed E-state index contributed by atoms with van der Waals surface area (Å²) in [6.45, 7) is 4.44. The Bertz CT molecular complexity index is 417. The smallest absolute Gasteiger partial charge is 0.338 e. The molecule has 96 valence electrons. The molecule has 0 aromatic heterocycles. The van der Waals surface area contributed by atoms with Crippen molar-refractivity contribution in [3.8, 4) is 12.3 Å². The summed E-state index contributed by atoms with van der Waals surface area (Å²) < 4.78 is 5.31. The van der Waals surface area contributed by atoms with Gasteiger partial charge in [0.25, 0.3) is 0 Å². The second-order valence-electron chi connectivity index (χ2n) is 4.14. The predicted octanol–water partition coefficient (Wildman–Crippen LogP) is 3.08. The Morgan fingerprint density at radius 3 is 2.67 bits per heavy atom. The zero-order chi connectivity index (χ0) is 13.4. The van der Waals surface area contributed by atoms with Gasteiger partial charge in [0, 0.05) is 5.69 Å². The van der Waals surface area contributed by atoms with Crippen LogP contribution in [0.3, 0.4) is 0 Å². The molecule has 1 N–H and O–H groups in total. The Morgan fingerprint density at radius 1 is 1.44 bits per heavy atom. The number of terminal acetylenes is 1. The topological polar surface area (TPSA) is 38.3 Å². The van der Waals surface area contributed by atoms with E-state index in [1.165, 1.54) is 0 Å². The molecule has 1 aromatic rings. The molecule has 0 bridgehead atoms. The van der Waals surface area contributed by atoms with E-state index in [2.05, 4.69) is 18.2 Å². The number of hydrogen-bond donors (Lipinski definition) is 1. The quantitative estimate of drug-likeness (QED) is 0.618. The highest BCUT2D eigenvalue weighted by molar-refractivity contribution is 5.89. The number of ether oxygens (including phenoxy) is 1. The summed E-state index contributed by atoms with van der Waals surface area (Å²) in [5, 5.41) is 3.03. The fourth-order valence-corrected chi connectivity index (χ4v) is 1.59. The zero-order valence-electron chi connectivity index (χ0n) is 10.9. The Balaban J connectivity index is 2.56. The highest BCUT2D eigenvalue weighted by Crippen LogP contribution is 2.12. The highest BCUT2D eigenvalue weighted by atomic mass is 16.5. The van der Waals surface area contributed by atoms with Crippen molar-refractivity contribution in [3.05, 3.63) is 29.8 Å². The molecular weight excluding hydrogens is 226 g/mol. The minimum atomic E-state index is -0.278. The summed E-state index contributed by atoms with van der Waals surface area (Å²) in [5.41, 5.74) is 1.45. The summed E-state index contributed by atoms with van der Waals surface area (Å²) in [7, 11) is 0. The Hall–Kier alpha value is -1.95. The lowest BCUT2D eigenvalue weighted by Crippen LogP contribution is -2.14. The van der Waals surface area contributed by atoms with Crippen molar-refractivity contribution in [2.45, 2.75) is 32.8 Å². The van der Waals surface area contributed by atoms with Gasteiger partial charge in [-0.2, -0.15) is 0 Å². The number of benzene rings is 1. The molecule has 0 heterocycles. The van der Waals surface area contributed by atoms with Crippen LogP contribution in [0.15, 0.2) is 24.3 Å². The molecule has 1 rings (SSSR count). The second kappa shape index (κ2) is 7.39. The number of carbonyl (C=O) groups excluding carboxylic acids is 1. The first-order chi connectivity index (χ1) is 8.67. The third-order valence-corrected chi connectivity index (χ3v) is 2.52. The van der Waals surface area contributed by atoms with Crippen LogP contribution < -0.4 is 5.32 Å². The molecular formula is C15H19NO2. The average molecular weight is 245 g/mol. The Morgan fingerprint density at radius 2 is 2.11 bits per heavy atom. The van der Waals surface area contributed by atoms with Crippen molar-refractivity contribution < 1.29 is 9.53 Å². The summed E-state index contributed by atoms with van der Waals surface area (Å²) in [6.07, 6.45) is 7.00. The molecule has 0 radical (unpaired) electrons. The summed E-state index contributed by atoms with van der Waals surface area (Å²) in [4.78, 5) is 11.8. The zero-order valence-corrected chi connectivity index (χ0v) is 10.9. The van der Waals surface area contributed by atoms with Crippen LogP contribution in [-0.4, -0.2) is 18.6 Å². The van der Waals surface area contributed by atoms with Crippen LogP contribution in [-0.2, 0) is 4.74 Å². The van der Waals surface area contributed by atoms with Crippen molar-refractivity contribution in [3.63, 3.8) is 0 Å². The summed E-state index contributed by atoms with van der Waals surface area (Å²) >= 11 is 0.